The van der Waals surface area contributed by atoms with Gasteiger partial charge in [0.15, 0.2) is 23.3 Å². The number of carbonyl (C=O) groups is 1. The molecule has 5 nitrogen and oxygen atoms in total. The molecule has 21 heavy (non-hydrogen) atoms. The van der Waals surface area contributed by atoms with Crippen LogP contribution in [0.2, 0.25) is 0 Å². The summed E-state index contributed by atoms with van der Waals surface area (Å²) in [5.41, 5.74) is -1.46. The van der Waals surface area contributed by atoms with Gasteiger partial charge in [0.05, 0.1) is 0 Å². The monoisotopic (exact) mass is 306 g/mol. The number of H-pyrrole nitrogens is 1. The predicted molar refractivity (Wildman–Crippen MR) is 59.9 cm³/mol. The molecular formula is C11H7F5N4O. The molecule has 0 unspecified atom stereocenters. The lowest BCUT2D eigenvalue weighted by molar-refractivity contribution is 0.101. The Labute approximate surface area is 114 Å². The van der Waals surface area contributed by atoms with Gasteiger partial charge in [-0.05, 0) is 0 Å². The first-order chi connectivity index (χ1) is 9.86. The van der Waals surface area contributed by atoms with Crippen molar-refractivity contribution in [3.8, 4) is 0 Å². The van der Waals surface area contributed by atoms with Crippen LogP contribution in [0.4, 0.5) is 27.6 Å². The second-order valence-electron chi connectivity index (χ2n) is 3.86. The molecule has 0 aliphatic carbocycles. The largest absolute Gasteiger partial charge is 0.314 e. The topological polar surface area (TPSA) is 70.7 Å². The highest BCUT2D eigenvalue weighted by Crippen LogP contribution is 2.27. The summed E-state index contributed by atoms with van der Waals surface area (Å²) in [7, 11) is 0. The second-order valence-corrected chi connectivity index (χ2v) is 3.86. The fourth-order valence-electron chi connectivity index (χ4n) is 1.44. The van der Waals surface area contributed by atoms with Gasteiger partial charge in [0.1, 0.15) is 11.5 Å². The number of rotatable bonds is 3. The minimum Gasteiger partial charge on any atom is -0.314 e. The number of hydrogen-bond acceptors (Lipinski definition) is 3. The minimum atomic E-state index is -2.31. The smallest absolute Gasteiger partial charge is 0.295 e. The highest BCUT2D eigenvalue weighted by molar-refractivity contribution is 6.01. The molecule has 2 rings (SSSR count). The lowest BCUT2D eigenvalue weighted by Gasteiger charge is -2.08. The molecule has 0 saturated heterocycles. The van der Waals surface area contributed by atoms with Crippen molar-refractivity contribution in [3.63, 3.8) is 0 Å². The van der Waals surface area contributed by atoms with Crippen LogP contribution in [0.1, 0.15) is 23.4 Å². The van der Waals surface area contributed by atoms with E-state index in [1.165, 1.54) is 0 Å². The van der Waals surface area contributed by atoms with Gasteiger partial charge in [-0.15, -0.1) is 5.10 Å². The molecule has 0 spiro atoms. The average molecular weight is 306 g/mol. The summed E-state index contributed by atoms with van der Waals surface area (Å²) >= 11 is 0. The lowest BCUT2D eigenvalue weighted by atomic mass is 10.2. The van der Waals surface area contributed by atoms with Gasteiger partial charge < -0.3 is 5.32 Å². The van der Waals surface area contributed by atoms with E-state index in [-0.39, 0.29) is 0 Å². The van der Waals surface area contributed by atoms with Crippen LogP contribution < -0.4 is 5.32 Å². The molecule has 1 heterocycles. The van der Waals surface area contributed by atoms with Gasteiger partial charge in [-0.25, -0.2) is 26.9 Å². The quantitative estimate of drug-likeness (QED) is 0.519. The fourth-order valence-corrected chi connectivity index (χ4v) is 1.44. The molecule has 0 bridgehead atoms. The van der Waals surface area contributed by atoms with Gasteiger partial charge >= 0.3 is 0 Å². The van der Waals surface area contributed by atoms with E-state index in [0.29, 0.717) is 12.2 Å². The summed E-state index contributed by atoms with van der Waals surface area (Å²) in [5, 5.41) is 7.38. The summed E-state index contributed by atoms with van der Waals surface area (Å²) in [6, 6.07) is 0. The number of benzene rings is 1. The van der Waals surface area contributed by atoms with Crippen LogP contribution in [0, 0.1) is 29.1 Å². The Balaban J connectivity index is 2.38. The van der Waals surface area contributed by atoms with E-state index in [9.17, 15) is 26.7 Å². The molecule has 2 aromatic rings. The maximum absolute atomic E-state index is 13.4. The van der Waals surface area contributed by atoms with Gasteiger partial charge in [-0.1, -0.05) is 6.92 Å². The number of hydrogen-bond donors (Lipinski definition) is 2. The fraction of sp³-hybridized carbons (Fsp3) is 0.182. The molecule has 112 valence electrons. The molecule has 0 fully saturated rings. The van der Waals surface area contributed by atoms with E-state index in [1.54, 1.807) is 12.2 Å². The normalized spacial score (nSPS) is 10.8. The highest BCUT2D eigenvalue weighted by Gasteiger charge is 2.27. The maximum atomic E-state index is 13.4. The zero-order valence-electron chi connectivity index (χ0n) is 10.4. The van der Waals surface area contributed by atoms with Crippen molar-refractivity contribution in [1.82, 2.24) is 15.2 Å². The van der Waals surface area contributed by atoms with E-state index in [4.69, 9.17) is 0 Å². The van der Waals surface area contributed by atoms with Crippen LogP contribution >= 0.6 is 0 Å². The number of carbonyl (C=O) groups excluding carboxylic acids is 1. The van der Waals surface area contributed by atoms with Gasteiger partial charge in [0, 0.05) is 6.42 Å². The third-order valence-corrected chi connectivity index (χ3v) is 2.52. The predicted octanol–water partition coefficient (Wildman–Crippen LogP) is 2.31. The van der Waals surface area contributed by atoms with Crippen LogP contribution in [-0.4, -0.2) is 21.1 Å². The Morgan fingerprint density at radius 1 is 1.05 bits per heavy atom. The van der Waals surface area contributed by atoms with Crippen molar-refractivity contribution in [2.75, 3.05) is 5.32 Å². The summed E-state index contributed by atoms with van der Waals surface area (Å²) in [6.45, 7) is 1.70. The zero-order valence-corrected chi connectivity index (χ0v) is 10.4. The van der Waals surface area contributed by atoms with Gasteiger partial charge in [-0.2, -0.15) is 0 Å². The zero-order chi connectivity index (χ0) is 15.7. The Bertz CT molecular complexity index is 686. The molecule has 1 amide bonds. The summed E-state index contributed by atoms with van der Waals surface area (Å²) < 4.78 is 65.5. The first kappa shape index (κ1) is 14.9. The summed E-state index contributed by atoms with van der Waals surface area (Å²) in [6.07, 6.45) is 0.406. The van der Waals surface area contributed by atoms with Crippen LogP contribution in [0.25, 0.3) is 0 Å². The summed E-state index contributed by atoms with van der Waals surface area (Å²) in [5.74, 6) is -12.3. The van der Waals surface area contributed by atoms with Crippen molar-refractivity contribution in [1.29, 1.82) is 0 Å². The number of aromatic nitrogens is 3. The van der Waals surface area contributed by atoms with Crippen molar-refractivity contribution >= 4 is 11.6 Å². The molecule has 0 atom stereocenters. The van der Waals surface area contributed by atoms with Crippen LogP contribution in [0.3, 0.4) is 0 Å². The summed E-state index contributed by atoms with van der Waals surface area (Å²) in [4.78, 5) is 15.3. The molecule has 0 saturated carbocycles. The molecule has 0 aliphatic heterocycles. The van der Waals surface area contributed by atoms with Crippen molar-refractivity contribution in [2.45, 2.75) is 13.3 Å². The average Bonchev–Trinajstić information content (AvgIpc) is 2.96. The molecule has 0 aliphatic rings. The molecule has 0 radical (unpaired) electrons. The van der Waals surface area contributed by atoms with Crippen LogP contribution in [0.5, 0.6) is 0 Å². The molecular weight excluding hydrogens is 299 g/mol. The molecule has 2 N–H and O–H groups in total. The number of nitrogens with zero attached hydrogens (tertiary/aromatic N) is 2. The highest BCUT2D eigenvalue weighted by atomic mass is 19.2. The van der Waals surface area contributed by atoms with E-state index >= 15 is 0 Å². The van der Waals surface area contributed by atoms with E-state index in [1.807, 2.05) is 0 Å². The standard InChI is InChI=1S/C11H7F5N4O/c1-2-3-17-10(20-19-3)11(21)18-9-7(15)5(13)4(12)6(14)8(9)16/h2H2,1H3,(H,18,21)(H,17,19,20). The number of anilines is 1. The van der Waals surface area contributed by atoms with E-state index in [2.05, 4.69) is 15.2 Å². The van der Waals surface area contributed by atoms with Crippen molar-refractivity contribution < 1.29 is 26.7 Å². The Morgan fingerprint density at radius 3 is 2.05 bits per heavy atom. The molecule has 1 aromatic heterocycles. The van der Waals surface area contributed by atoms with Crippen molar-refractivity contribution in [2.24, 2.45) is 0 Å². The first-order valence-corrected chi connectivity index (χ1v) is 5.60. The Hall–Kier alpha value is -2.52. The van der Waals surface area contributed by atoms with Gasteiger partial charge in [0.2, 0.25) is 11.6 Å². The lowest BCUT2D eigenvalue weighted by Crippen LogP contribution is -2.18. The number of aryl methyl sites for hydroxylation is 1. The van der Waals surface area contributed by atoms with Crippen LogP contribution in [0.15, 0.2) is 0 Å². The number of halogens is 5. The second kappa shape index (κ2) is 5.46. The maximum Gasteiger partial charge on any atom is 0.295 e. The SMILES string of the molecule is CCc1nc(C(=O)Nc2c(F)c(F)c(F)c(F)c2F)n[nH]1. The molecule has 1 aromatic carbocycles. The third-order valence-electron chi connectivity index (χ3n) is 2.52. The van der Waals surface area contributed by atoms with Crippen molar-refractivity contribution in [3.05, 3.63) is 40.7 Å². The number of aromatic amines is 1. The van der Waals surface area contributed by atoms with Gasteiger partial charge in [0.25, 0.3) is 5.91 Å². The van der Waals surface area contributed by atoms with Gasteiger partial charge in [-0.3, -0.25) is 9.89 Å². The van der Waals surface area contributed by atoms with Crippen LogP contribution in [-0.2, 0) is 6.42 Å². The molecule has 10 heteroatoms. The van der Waals surface area contributed by atoms with E-state index < -0.39 is 46.5 Å². The third kappa shape index (κ3) is 2.56. The Kier molecular flexibility index (Phi) is 3.87. The number of nitrogens with one attached hydrogen (secondary N) is 2. The minimum absolute atomic E-state index is 0.317. The number of amides is 1. The first-order valence-electron chi connectivity index (χ1n) is 5.60. The van der Waals surface area contributed by atoms with E-state index in [0.717, 1.165) is 0 Å². The Morgan fingerprint density at radius 2 is 1.57 bits per heavy atom.